The fraction of sp³-hybridized carbons (Fsp3) is 0.235. The Morgan fingerprint density at radius 2 is 1.96 bits per heavy atom. The summed E-state index contributed by atoms with van der Waals surface area (Å²) in [6, 6.07) is 8.33. The second-order valence-corrected chi connectivity index (χ2v) is 6.02. The lowest BCUT2D eigenvalue weighted by molar-refractivity contribution is -0.142. The minimum absolute atomic E-state index is 0.0910. The van der Waals surface area contributed by atoms with Crippen LogP contribution in [-0.2, 0) is 10.9 Å². The maximum absolute atomic E-state index is 13.5. The Morgan fingerprint density at radius 1 is 1.26 bits per heavy atom. The Bertz CT molecular complexity index is 971. The molecule has 3 aromatic rings. The van der Waals surface area contributed by atoms with Crippen molar-refractivity contribution in [3.05, 3.63) is 52.8 Å². The third-order valence-electron chi connectivity index (χ3n) is 3.68. The zero-order chi connectivity index (χ0) is 19.6. The average Bonchev–Trinajstić information content (AvgIpc) is 3.05. The highest BCUT2D eigenvalue weighted by Crippen LogP contribution is 2.32. The number of carbonyl (C=O) groups is 1. The first-order chi connectivity index (χ1) is 12.8. The summed E-state index contributed by atoms with van der Waals surface area (Å²) >= 11 is 5.82. The van der Waals surface area contributed by atoms with Crippen LogP contribution in [0.1, 0.15) is 16.2 Å². The highest BCUT2D eigenvalue weighted by Gasteiger charge is 2.35. The van der Waals surface area contributed by atoms with E-state index in [4.69, 9.17) is 16.3 Å². The molecule has 0 bridgehead atoms. The second kappa shape index (κ2) is 7.53. The van der Waals surface area contributed by atoms with Gasteiger partial charge in [0.1, 0.15) is 0 Å². The van der Waals surface area contributed by atoms with Crippen molar-refractivity contribution in [3.63, 3.8) is 0 Å². The van der Waals surface area contributed by atoms with Gasteiger partial charge in [-0.25, -0.2) is 9.50 Å². The molecule has 0 aliphatic carbocycles. The van der Waals surface area contributed by atoms with Gasteiger partial charge in [0.25, 0.3) is 5.91 Å². The van der Waals surface area contributed by atoms with Crippen molar-refractivity contribution in [2.24, 2.45) is 0 Å². The number of nitrogens with zero attached hydrogens (tertiary/aromatic N) is 3. The molecule has 1 amide bonds. The summed E-state index contributed by atoms with van der Waals surface area (Å²) in [4.78, 5) is 16.3. The summed E-state index contributed by atoms with van der Waals surface area (Å²) in [6.45, 7) is 0.477. The van der Waals surface area contributed by atoms with E-state index in [0.29, 0.717) is 15.1 Å². The van der Waals surface area contributed by atoms with Gasteiger partial charge in [-0.15, -0.1) is 0 Å². The van der Waals surface area contributed by atoms with Gasteiger partial charge in [0.2, 0.25) is 0 Å². The Morgan fingerprint density at radius 3 is 2.59 bits per heavy atom. The van der Waals surface area contributed by atoms with Gasteiger partial charge in [0, 0.05) is 30.3 Å². The molecule has 2 aromatic heterocycles. The molecule has 3 rings (SSSR count). The normalized spacial score (nSPS) is 11.7. The minimum atomic E-state index is -4.68. The smallest absolute Gasteiger partial charge is 0.383 e. The molecule has 0 radical (unpaired) electrons. The lowest BCUT2D eigenvalue weighted by atomic mass is 10.1. The Balaban J connectivity index is 2.07. The van der Waals surface area contributed by atoms with Crippen molar-refractivity contribution in [1.29, 1.82) is 0 Å². The van der Waals surface area contributed by atoms with Gasteiger partial charge in [0.05, 0.1) is 12.3 Å². The molecular weight excluding hydrogens is 385 g/mol. The maximum Gasteiger partial charge on any atom is 0.433 e. The molecule has 27 heavy (non-hydrogen) atoms. The molecule has 2 heterocycles. The number of rotatable bonds is 5. The molecule has 142 valence electrons. The van der Waals surface area contributed by atoms with Crippen molar-refractivity contribution in [2.75, 3.05) is 20.3 Å². The SMILES string of the molecule is COCCNC(=O)c1cc2nc(-c3ccc(Cl)cc3)cc(C(F)(F)F)n2n1. The minimum Gasteiger partial charge on any atom is -0.383 e. The van der Waals surface area contributed by atoms with E-state index < -0.39 is 17.8 Å². The predicted octanol–water partition coefficient (Wildman–Crippen LogP) is 3.44. The van der Waals surface area contributed by atoms with E-state index in [-0.39, 0.29) is 30.2 Å². The highest BCUT2D eigenvalue weighted by molar-refractivity contribution is 6.30. The fourth-order valence-corrected chi connectivity index (χ4v) is 2.54. The second-order valence-electron chi connectivity index (χ2n) is 5.58. The van der Waals surface area contributed by atoms with Crippen LogP contribution in [0.15, 0.2) is 36.4 Å². The molecule has 0 unspecified atom stereocenters. The third-order valence-corrected chi connectivity index (χ3v) is 3.93. The first kappa shape index (κ1) is 19.1. The standard InChI is InChI=1S/C17H14ClF3N4O2/c1-27-7-6-22-16(26)13-9-15-23-12(10-2-4-11(18)5-3-10)8-14(17(19,20)21)25(15)24-13/h2-5,8-9H,6-7H2,1H3,(H,22,26). The molecule has 1 N–H and O–H groups in total. The van der Waals surface area contributed by atoms with E-state index >= 15 is 0 Å². The molecule has 0 saturated carbocycles. The van der Waals surface area contributed by atoms with Crippen LogP contribution in [0.25, 0.3) is 16.9 Å². The lowest BCUT2D eigenvalue weighted by Gasteiger charge is -2.11. The van der Waals surface area contributed by atoms with Crippen LogP contribution in [0, 0.1) is 0 Å². The summed E-state index contributed by atoms with van der Waals surface area (Å²) in [5, 5.41) is 6.73. The molecule has 0 spiro atoms. The van der Waals surface area contributed by atoms with Crippen molar-refractivity contribution < 1.29 is 22.7 Å². The Hall–Kier alpha value is -2.65. The first-order valence-electron chi connectivity index (χ1n) is 7.80. The quantitative estimate of drug-likeness (QED) is 0.668. The molecular formula is C17H14ClF3N4O2. The number of aromatic nitrogens is 3. The predicted molar refractivity (Wildman–Crippen MR) is 92.6 cm³/mol. The summed E-state index contributed by atoms with van der Waals surface area (Å²) in [7, 11) is 1.47. The summed E-state index contributed by atoms with van der Waals surface area (Å²) in [5.41, 5.74) is -0.741. The van der Waals surface area contributed by atoms with Crippen LogP contribution in [-0.4, -0.2) is 40.8 Å². The topological polar surface area (TPSA) is 68.5 Å². The van der Waals surface area contributed by atoms with Crippen LogP contribution < -0.4 is 5.32 Å². The fourth-order valence-electron chi connectivity index (χ4n) is 2.41. The van der Waals surface area contributed by atoms with E-state index in [2.05, 4.69) is 15.4 Å². The van der Waals surface area contributed by atoms with Crippen LogP contribution in [0.4, 0.5) is 13.2 Å². The number of hydrogen-bond donors (Lipinski definition) is 1. The van der Waals surface area contributed by atoms with Crippen molar-refractivity contribution in [1.82, 2.24) is 19.9 Å². The van der Waals surface area contributed by atoms with E-state index in [1.807, 2.05) is 0 Å². The molecule has 1 aromatic carbocycles. The summed E-state index contributed by atoms with van der Waals surface area (Å²) in [5.74, 6) is -0.612. The largest absolute Gasteiger partial charge is 0.433 e. The third kappa shape index (κ3) is 4.20. The number of amides is 1. The molecule has 0 fully saturated rings. The number of alkyl halides is 3. The van der Waals surface area contributed by atoms with E-state index in [0.717, 1.165) is 6.07 Å². The van der Waals surface area contributed by atoms with Gasteiger partial charge >= 0.3 is 6.18 Å². The van der Waals surface area contributed by atoms with Gasteiger partial charge < -0.3 is 10.1 Å². The Kier molecular flexibility index (Phi) is 5.33. The van der Waals surface area contributed by atoms with Crippen molar-refractivity contribution >= 4 is 23.2 Å². The Labute approximate surface area is 156 Å². The molecule has 0 aliphatic rings. The maximum atomic E-state index is 13.5. The summed E-state index contributed by atoms with van der Waals surface area (Å²) in [6.07, 6.45) is -4.68. The van der Waals surface area contributed by atoms with Gasteiger partial charge in [-0.1, -0.05) is 23.7 Å². The van der Waals surface area contributed by atoms with E-state index in [9.17, 15) is 18.0 Å². The molecule has 6 nitrogen and oxygen atoms in total. The summed E-state index contributed by atoms with van der Waals surface area (Å²) < 4.78 is 46.0. The molecule has 10 heteroatoms. The monoisotopic (exact) mass is 398 g/mol. The van der Waals surface area contributed by atoms with Gasteiger partial charge in [-0.3, -0.25) is 4.79 Å². The number of fused-ring (bicyclic) bond motifs is 1. The van der Waals surface area contributed by atoms with Crippen molar-refractivity contribution in [3.8, 4) is 11.3 Å². The van der Waals surface area contributed by atoms with Gasteiger partial charge in [0.15, 0.2) is 17.0 Å². The number of nitrogens with one attached hydrogen (secondary N) is 1. The molecule has 0 atom stereocenters. The van der Waals surface area contributed by atoms with E-state index in [1.165, 1.54) is 13.2 Å². The number of halogens is 4. The number of ether oxygens (including phenoxy) is 1. The molecule has 0 aliphatic heterocycles. The van der Waals surface area contributed by atoms with E-state index in [1.54, 1.807) is 24.3 Å². The molecule has 0 saturated heterocycles. The van der Waals surface area contributed by atoms with Crippen LogP contribution in [0.5, 0.6) is 0 Å². The lowest BCUT2D eigenvalue weighted by Crippen LogP contribution is -2.27. The average molecular weight is 399 g/mol. The van der Waals surface area contributed by atoms with Crippen LogP contribution >= 0.6 is 11.6 Å². The van der Waals surface area contributed by atoms with Crippen LogP contribution in [0.3, 0.4) is 0 Å². The van der Waals surface area contributed by atoms with Crippen LogP contribution in [0.2, 0.25) is 5.02 Å². The van der Waals surface area contributed by atoms with Gasteiger partial charge in [-0.05, 0) is 18.2 Å². The van der Waals surface area contributed by atoms with Gasteiger partial charge in [-0.2, -0.15) is 18.3 Å². The number of hydrogen-bond acceptors (Lipinski definition) is 4. The highest BCUT2D eigenvalue weighted by atomic mass is 35.5. The van der Waals surface area contributed by atoms with Crippen molar-refractivity contribution in [2.45, 2.75) is 6.18 Å². The number of carbonyl (C=O) groups excluding carboxylic acids is 1. The first-order valence-corrected chi connectivity index (χ1v) is 8.18. The number of benzene rings is 1. The zero-order valence-corrected chi connectivity index (χ0v) is 14.8. The zero-order valence-electron chi connectivity index (χ0n) is 14.0. The number of methoxy groups -OCH3 is 1.